The fourth-order valence-corrected chi connectivity index (χ4v) is 3.07. The number of amides is 2. The second kappa shape index (κ2) is 12.4. The fraction of sp³-hybridized carbons (Fsp3) is 0.192. The summed E-state index contributed by atoms with van der Waals surface area (Å²) in [4.78, 5) is 24.6. The van der Waals surface area contributed by atoms with E-state index < -0.39 is 5.91 Å². The molecular formula is C26H27N3O4S. The Morgan fingerprint density at radius 2 is 1.38 bits per heavy atom. The third-order valence-electron chi connectivity index (χ3n) is 4.65. The van der Waals surface area contributed by atoms with E-state index in [1.165, 1.54) is 0 Å². The van der Waals surface area contributed by atoms with Crippen molar-refractivity contribution in [2.45, 2.75) is 13.8 Å². The summed E-state index contributed by atoms with van der Waals surface area (Å²) in [6, 6.07) is 23.4. The van der Waals surface area contributed by atoms with Gasteiger partial charge in [-0.2, -0.15) is 0 Å². The molecule has 0 saturated heterocycles. The number of hydrogen-bond donors (Lipinski definition) is 3. The molecule has 3 N–H and O–H groups in total. The van der Waals surface area contributed by atoms with Crippen LogP contribution in [-0.2, 0) is 4.79 Å². The maximum atomic E-state index is 12.8. The van der Waals surface area contributed by atoms with Crippen LogP contribution in [-0.4, -0.2) is 30.1 Å². The smallest absolute Gasteiger partial charge is 0.261 e. The van der Waals surface area contributed by atoms with Crippen molar-refractivity contribution in [1.29, 1.82) is 0 Å². The highest BCUT2D eigenvalue weighted by atomic mass is 32.1. The van der Waals surface area contributed by atoms with Crippen LogP contribution in [0.1, 0.15) is 24.2 Å². The van der Waals surface area contributed by atoms with Gasteiger partial charge >= 0.3 is 0 Å². The first kappa shape index (κ1) is 24.7. The summed E-state index contributed by atoms with van der Waals surface area (Å²) in [5.74, 6) is 0.631. The van der Waals surface area contributed by atoms with Crippen molar-refractivity contribution in [3.63, 3.8) is 0 Å². The molecule has 8 heteroatoms. The minimum absolute atomic E-state index is 0.0593. The van der Waals surface area contributed by atoms with Gasteiger partial charge in [0.1, 0.15) is 24.7 Å². The lowest BCUT2D eigenvalue weighted by Gasteiger charge is -2.14. The SMILES string of the molecule is CC(C)C(=O)Nc1ccc(NC(=S)NC(=O)c2ccccc2OCCOc2ccccc2)cc1. The summed E-state index contributed by atoms with van der Waals surface area (Å²) in [5, 5.41) is 8.59. The highest BCUT2D eigenvalue weighted by Crippen LogP contribution is 2.19. The lowest BCUT2D eigenvalue weighted by atomic mass is 10.2. The maximum absolute atomic E-state index is 12.8. The van der Waals surface area contributed by atoms with E-state index in [0.29, 0.717) is 29.3 Å². The number of ether oxygens (including phenoxy) is 2. The Kier molecular flexibility index (Phi) is 8.99. The van der Waals surface area contributed by atoms with Gasteiger partial charge < -0.3 is 20.1 Å². The van der Waals surface area contributed by atoms with Gasteiger partial charge in [-0.15, -0.1) is 0 Å². The Bertz CT molecular complexity index is 1120. The minimum atomic E-state index is -0.391. The van der Waals surface area contributed by atoms with Gasteiger partial charge in [-0.1, -0.05) is 44.2 Å². The van der Waals surface area contributed by atoms with Gasteiger partial charge in [0.05, 0.1) is 5.56 Å². The second-order valence-electron chi connectivity index (χ2n) is 7.64. The van der Waals surface area contributed by atoms with Crippen molar-refractivity contribution in [2.75, 3.05) is 23.8 Å². The summed E-state index contributed by atoms with van der Waals surface area (Å²) in [5.41, 5.74) is 1.72. The number of nitrogens with one attached hydrogen (secondary N) is 3. The van der Waals surface area contributed by atoms with Crippen LogP contribution in [0.3, 0.4) is 0 Å². The monoisotopic (exact) mass is 477 g/mol. The number of rotatable bonds is 9. The molecule has 3 aromatic carbocycles. The minimum Gasteiger partial charge on any atom is -0.490 e. The third-order valence-corrected chi connectivity index (χ3v) is 4.85. The first-order chi connectivity index (χ1) is 16.4. The van der Waals surface area contributed by atoms with Crippen LogP contribution in [0.25, 0.3) is 0 Å². The molecule has 176 valence electrons. The molecule has 0 atom stereocenters. The van der Waals surface area contributed by atoms with Crippen molar-refractivity contribution >= 4 is 40.5 Å². The summed E-state index contributed by atoms with van der Waals surface area (Å²) in [6.07, 6.45) is 0. The van der Waals surface area contributed by atoms with E-state index in [0.717, 1.165) is 5.75 Å². The van der Waals surface area contributed by atoms with Crippen LogP contribution in [0.15, 0.2) is 78.9 Å². The van der Waals surface area contributed by atoms with E-state index in [1.54, 1.807) is 48.5 Å². The molecule has 2 amide bonds. The number of carbonyl (C=O) groups is 2. The van der Waals surface area contributed by atoms with E-state index in [9.17, 15) is 9.59 Å². The number of carbonyl (C=O) groups excluding carboxylic acids is 2. The molecule has 0 aliphatic rings. The van der Waals surface area contributed by atoms with Gasteiger partial charge in [0, 0.05) is 17.3 Å². The first-order valence-corrected chi connectivity index (χ1v) is 11.3. The first-order valence-electron chi connectivity index (χ1n) is 10.9. The Morgan fingerprint density at radius 1 is 0.794 bits per heavy atom. The largest absolute Gasteiger partial charge is 0.490 e. The molecule has 3 rings (SSSR count). The van der Waals surface area contributed by atoms with Crippen molar-refractivity contribution < 1.29 is 19.1 Å². The van der Waals surface area contributed by atoms with Crippen molar-refractivity contribution in [3.05, 3.63) is 84.4 Å². The second-order valence-corrected chi connectivity index (χ2v) is 8.04. The van der Waals surface area contributed by atoms with Gasteiger partial charge in [-0.3, -0.25) is 14.9 Å². The molecule has 0 saturated carbocycles. The Morgan fingerprint density at radius 3 is 2.06 bits per heavy atom. The highest BCUT2D eigenvalue weighted by Gasteiger charge is 2.14. The van der Waals surface area contributed by atoms with Gasteiger partial charge in [0.2, 0.25) is 5.91 Å². The van der Waals surface area contributed by atoms with Gasteiger partial charge in [-0.25, -0.2) is 0 Å². The van der Waals surface area contributed by atoms with E-state index >= 15 is 0 Å². The van der Waals surface area contributed by atoms with Crippen molar-refractivity contribution in [1.82, 2.24) is 5.32 Å². The summed E-state index contributed by atoms with van der Waals surface area (Å²) in [7, 11) is 0. The fourth-order valence-electron chi connectivity index (χ4n) is 2.86. The molecule has 7 nitrogen and oxygen atoms in total. The molecule has 0 fully saturated rings. The van der Waals surface area contributed by atoms with Crippen molar-refractivity contribution in [3.8, 4) is 11.5 Å². The maximum Gasteiger partial charge on any atom is 0.261 e. The molecule has 0 radical (unpaired) electrons. The Hall–Kier alpha value is -3.91. The van der Waals surface area contributed by atoms with Gasteiger partial charge in [0.25, 0.3) is 5.91 Å². The average molecular weight is 478 g/mol. The summed E-state index contributed by atoms with van der Waals surface area (Å²) in [6.45, 7) is 4.28. The molecule has 0 aliphatic carbocycles. The molecule has 0 heterocycles. The van der Waals surface area contributed by atoms with Crippen LogP contribution in [0, 0.1) is 5.92 Å². The predicted octanol–water partition coefficient (Wildman–Crippen LogP) is 4.87. The molecular weight excluding hydrogens is 450 g/mol. The van der Waals surface area contributed by atoms with Crippen LogP contribution >= 0.6 is 12.2 Å². The molecule has 0 aliphatic heterocycles. The Labute approximate surface area is 204 Å². The normalized spacial score (nSPS) is 10.3. The average Bonchev–Trinajstić information content (AvgIpc) is 2.83. The van der Waals surface area contributed by atoms with Crippen LogP contribution in [0.4, 0.5) is 11.4 Å². The van der Waals surface area contributed by atoms with Gasteiger partial charge in [0.15, 0.2) is 5.11 Å². The number of thiocarbonyl (C=S) groups is 1. The number of benzene rings is 3. The topological polar surface area (TPSA) is 88.7 Å². The van der Waals surface area contributed by atoms with E-state index in [1.807, 2.05) is 44.2 Å². The van der Waals surface area contributed by atoms with Crippen LogP contribution in [0.5, 0.6) is 11.5 Å². The molecule has 34 heavy (non-hydrogen) atoms. The zero-order valence-electron chi connectivity index (χ0n) is 19.0. The van der Waals surface area contributed by atoms with E-state index in [-0.39, 0.29) is 23.5 Å². The quantitative estimate of drug-likeness (QED) is 0.301. The van der Waals surface area contributed by atoms with E-state index in [4.69, 9.17) is 21.7 Å². The molecule has 0 unspecified atom stereocenters. The summed E-state index contributed by atoms with van der Waals surface area (Å²) < 4.78 is 11.4. The number of para-hydroxylation sites is 2. The van der Waals surface area contributed by atoms with E-state index in [2.05, 4.69) is 16.0 Å². The number of hydrogen-bond acceptors (Lipinski definition) is 5. The predicted molar refractivity (Wildman–Crippen MR) is 137 cm³/mol. The highest BCUT2D eigenvalue weighted by molar-refractivity contribution is 7.80. The van der Waals surface area contributed by atoms with Crippen LogP contribution < -0.4 is 25.4 Å². The molecule has 3 aromatic rings. The van der Waals surface area contributed by atoms with Crippen molar-refractivity contribution in [2.24, 2.45) is 5.92 Å². The third kappa shape index (κ3) is 7.60. The van der Waals surface area contributed by atoms with Crippen LogP contribution in [0.2, 0.25) is 0 Å². The zero-order valence-corrected chi connectivity index (χ0v) is 19.9. The molecule has 0 bridgehead atoms. The molecule has 0 aromatic heterocycles. The zero-order chi connectivity index (χ0) is 24.3. The standard InChI is InChI=1S/C26H27N3O4S/c1-18(2)24(30)27-19-12-14-20(15-13-19)28-26(34)29-25(31)22-10-6-7-11-23(22)33-17-16-32-21-8-4-3-5-9-21/h3-15,18H,16-17H2,1-2H3,(H,27,30)(H2,28,29,31,34). The Balaban J connectivity index is 1.51. The molecule has 0 spiro atoms. The summed E-state index contributed by atoms with van der Waals surface area (Å²) >= 11 is 5.28. The lowest BCUT2D eigenvalue weighted by molar-refractivity contribution is -0.118. The lowest BCUT2D eigenvalue weighted by Crippen LogP contribution is -2.34. The number of anilines is 2. The van der Waals surface area contributed by atoms with Gasteiger partial charge in [-0.05, 0) is 60.7 Å².